The largest absolute Gasteiger partial charge is 0.566 e. The summed E-state index contributed by atoms with van der Waals surface area (Å²) in [6, 6.07) is 0. The van der Waals surface area contributed by atoms with Crippen LogP contribution in [0.3, 0.4) is 0 Å². The second-order valence-electron chi connectivity index (χ2n) is 0.258. The normalized spacial score (nSPS) is 3.60. The van der Waals surface area contributed by atoms with Crippen molar-refractivity contribution < 1.29 is 37.8 Å². The number of aliphatic hydroxyl groups excluding tert-OH is 1. The predicted octanol–water partition coefficient (Wildman–Crippen LogP) is 0.988. The summed E-state index contributed by atoms with van der Waals surface area (Å²) in [6.45, 7) is 2.56. The van der Waals surface area contributed by atoms with Crippen molar-refractivity contribution in [3.8, 4) is 0 Å². The molecular formula is C3H8OY-2. The molecule has 31 valence electrons. The van der Waals surface area contributed by atoms with Crippen LogP contribution in [0.2, 0.25) is 0 Å². The van der Waals surface area contributed by atoms with Crippen molar-refractivity contribution in [3.05, 3.63) is 14.0 Å². The third-order valence-electron chi connectivity index (χ3n) is 0. The maximum absolute atomic E-state index is 7.44. The fourth-order valence-electron chi connectivity index (χ4n) is 0. The van der Waals surface area contributed by atoms with Crippen LogP contribution >= 0.6 is 0 Å². The Hall–Kier alpha value is 1.06. The summed E-state index contributed by atoms with van der Waals surface area (Å²) < 4.78 is 0. The van der Waals surface area contributed by atoms with Gasteiger partial charge in [0.1, 0.15) is 0 Å². The second kappa shape index (κ2) is 19.6. The quantitative estimate of drug-likeness (QED) is 0.509. The fourth-order valence-corrected chi connectivity index (χ4v) is 0. The molecule has 0 fully saturated rings. The molecule has 0 aliphatic heterocycles. The summed E-state index contributed by atoms with van der Waals surface area (Å²) in [5.41, 5.74) is 0. The van der Waals surface area contributed by atoms with Crippen molar-refractivity contribution in [1.29, 1.82) is 0 Å². The average Bonchev–Trinajstić information content (AvgIpc) is 0.918. The molecule has 0 atom stereocenters. The molecule has 0 spiro atoms. The van der Waals surface area contributed by atoms with Crippen molar-refractivity contribution in [1.82, 2.24) is 0 Å². The van der Waals surface area contributed by atoms with Gasteiger partial charge in [-0.1, -0.05) is 0 Å². The minimum atomic E-state index is 0. The Kier molecular flexibility index (Phi) is 65.0. The molecule has 0 aromatic carbocycles. The molecule has 0 amide bonds. The Morgan fingerprint density at radius 2 is 1.60 bits per heavy atom. The first-order valence-corrected chi connectivity index (χ1v) is 0.836. The smallest absolute Gasteiger partial charge is 0 e. The van der Waals surface area contributed by atoms with Crippen LogP contribution < -0.4 is 0 Å². The first-order chi connectivity index (χ1) is 1.41. The molecule has 1 radical (unpaired) electrons. The van der Waals surface area contributed by atoms with Crippen LogP contribution in [-0.2, 0) is 32.7 Å². The molecule has 0 rings (SSSR count). The molecule has 0 aromatic heterocycles. The minimum Gasteiger partial charge on any atom is -0.566 e. The van der Waals surface area contributed by atoms with E-state index in [1.165, 1.54) is 0 Å². The Labute approximate surface area is 58.7 Å². The van der Waals surface area contributed by atoms with E-state index in [2.05, 4.69) is 0 Å². The van der Waals surface area contributed by atoms with E-state index < -0.39 is 0 Å². The molecule has 0 unspecified atom stereocenters. The van der Waals surface area contributed by atoms with E-state index in [-0.39, 0.29) is 40.1 Å². The van der Waals surface area contributed by atoms with Gasteiger partial charge < -0.3 is 12.5 Å². The van der Waals surface area contributed by atoms with Gasteiger partial charge in [-0.05, 0) is 0 Å². The van der Waals surface area contributed by atoms with Gasteiger partial charge >= 0.3 is 0 Å². The molecule has 5 heavy (non-hydrogen) atoms. The SMILES string of the molecule is C[CH-]O.[CH3-].[Y]. The summed E-state index contributed by atoms with van der Waals surface area (Å²) in [4.78, 5) is 0. The zero-order valence-corrected chi connectivity index (χ0v) is 6.44. The van der Waals surface area contributed by atoms with Gasteiger partial charge in [0.05, 0.1) is 0 Å². The van der Waals surface area contributed by atoms with Crippen LogP contribution in [0.15, 0.2) is 0 Å². The topological polar surface area (TPSA) is 20.2 Å². The maximum Gasteiger partial charge on any atom is 0 e. The molecule has 0 aliphatic carbocycles. The van der Waals surface area contributed by atoms with Gasteiger partial charge in [-0.25, -0.2) is 6.61 Å². The van der Waals surface area contributed by atoms with E-state index in [1.807, 2.05) is 0 Å². The van der Waals surface area contributed by atoms with Crippen LogP contribution in [-0.4, -0.2) is 5.11 Å². The van der Waals surface area contributed by atoms with Crippen LogP contribution in [0.25, 0.3) is 0 Å². The number of hydrogen-bond donors (Lipinski definition) is 1. The van der Waals surface area contributed by atoms with E-state index in [0.29, 0.717) is 0 Å². The maximum atomic E-state index is 7.44. The van der Waals surface area contributed by atoms with Crippen LogP contribution in [0, 0.1) is 14.0 Å². The van der Waals surface area contributed by atoms with Crippen LogP contribution in [0.1, 0.15) is 6.92 Å². The van der Waals surface area contributed by atoms with Gasteiger partial charge in [-0.15, -0.1) is 0 Å². The van der Waals surface area contributed by atoms with Crippen molar-refractivity contribution in [2.24, 2.45) is 0 Å². The second-order valence-corrected chi connectivity index (χ2v) is 0.258. The molecule has 0 saturated heterocycles. The number of rotatable bonds is 0. The molecule has 1 nitrogen and oxygen atoms in total. The van der Waals surface area contributed by atoms with E-state index in [1.54, 1.807) is 6.92 Å². The van der Waals surface area contributed by atoms with Crippen molar-refractivity contribution >= 4 is 0 Å². The Bertz CT molecular complexity index is 6.85. The van der Waals surface area contributed by atoms with Gasteiger partial charge in [0.15, 0.2) is 0 Å². The molecule has 0 saturated carbocycles. The zero-order chi connectivity index (χ0) is 2.71. The van der Waals surface area contributed by atoms with Crippen molar-refractivity contribution in [3.63, 3.8) is 0 Å². The summed E-state index contributed by atoms with van der Waals surface area (Å²) in [6.07, 6.45) is 0. The van der Waals surface area contributed by atoms with Gasteiger partial charge in [-0.2, -0.15) is 6.92 Å². The number of aliphatic hydroxyl groups is 1. The summed E-state index contributed by atoms with van der Waals surface area (Å²) in [5.74, 6) is 0. The third-order valence-corrected chi connectivity index (χ3v) is 0. The van der Waals surface area contributed by atoms with Gasteiger partial charge in [0.2, 0.25) is 0 Å². The van der Waals surface area contributed by atoms with Crippen molar-refractivity contribution in [2.45, 2.75) is 6.92 Å². The Morgan fingerprint density at radius 1 is 1.60 bits per heavy atom. The Balaban J connectivity index is -0.0000000200. The molecule has 0 heterocycles. The fraction of sp³-hybridized carbons (Fsp3) is 0.333. The molecular weight excluding hydrogens is 141 g/mol. The van der Waals surface area contributed by atoms with E-state index in [9.17, 15) is 0 Å². The molecule has 0 aromatic rings. The monoisotopic (exact) mass is 149 g/mol. The zero-order valence-electron chi connectivity index (χ0n) is 3.60. The third kappa shape index (κ3) is 42.0. The molecule has 0 bridgehead atoms. The van der Waals surface area contributed by atoms with E-state index in [4.69, 9.17) is 5.11 Å². The summed E-state index contributed by atoms with van der Waals surface area (Å²) >= 11 is 0. The van der Waals surface area contributed by atoms with Crippen LogP contribution in [0.4, 0.5) is 0 Å². The summed E-state index contributed by atoms with van der Waals surface area (Å²) in [5, 5.41) is 7.44. The van der Waals surface area contributed by atoms with Gasteiger partial charge in [0.25, 0.3) is 0 Å². The number of hydrogen-bond acceptors (Lipinski definition) is 1. The van der Waals surface area contributed by atoms with E-state index in [0.717, 1.165) is 6.61 Å². The molecule has 0 aliphatic rings. The van der Waals surface area contributed by atoms with Crippen molar-refractivity contribution in [2.75, 3.05) is 0 Å². The minimum absolute atomic E-state index is 0. The molecule has 1 N–H and O–H groups in total. The average molecular weight is 149 g/mol. The molecule has 2 heteroatoms. The summed E-state index contributed by atoms with van der Waals surface area (Å²) in [7, 11) is 0. The first kappa shape index (κ1) is 16.6. The Morgan fingerprint density at radius 3 is 1.60 bits per heavy atom. The first-order valence-electron chi connectivity index (χ1n) is 0.836. The standard InChI is InChI=1S/C2H5O.CH3.Y/c1-2-3;;/h2-3H,1H3;1H3;/q2*-1;. The van der Waals surface area contributed by atoms with Crippen LogP contribution in [0.5, 0.6) is 0 Å². The van der Waals surface area contributed by atoms with Gasteiger partial charge in [0, 0.05) is 32.7 Å². The van der Waals surface area contributed by atoms with Gasteiger partial charge in [-0.3, -0.25) is 0 Å². The van der Waals surface area contributed by atoms with E-state index >= 15 is 0 Å². The predicted molar refractivity (Wildman–Crippen MR) is 18.3 cm³/mol.